The molecule has 0 spiro atoms. The highest BCUT2D eigenvalue weighted by molar-refractivity contribution is 7.10. The predicted molar refractivity (Wildman–Crippen MR) is 70.6 cm³/mol. The Morgan fingerprint density at radius 3 is 3.06 bits per heavy atom. The number of aryl methyl sites for hydroxylation is 1. The molecule has 0 unspecified atom stereocenters. The average Bonchev–Trinajstić information content (AvgIpc) is 2.92. The summed E-state index contributed by atoms with van der Waals surface area (Å²) < 4.78 is 1.57. The van der Waals surface area contributed by atoms with Crippen molar-refractivity contribution in [2.45, 2.75) is 6.92 Å². The molecule has 2 aliphatic rings. The Morgan fingerprint density at radius 2 is 2.33 bits per heavy atom. The van der Waals surface area contributed by atoms with E-state index in [1.807, 2.05) is 24.4 Å². The van der Waals surface area contributed by atoms with Gasteiger partial charge >= 0.3 is 0 Å². The lowest BCUT2D eigenvalue weighted by Gasteiger charge is -2.03. The second-order valence-electron chi connectivity index (χ2n) is 3.88. The van der Waals surface area contributed by atoms with E-state index in [0.717, 1.165) is 10.6 Å². The first-order valence-electron chi connectivity index (χ1n) is 5.35. The average molecular weight is 258 g/mol. The molecule has 18 heavy (non-hydrogen) atoms. The van der Waals surface area contributed by atoms with E-state index in [1.165, 1.54) is 0 Å². The van der Waals surface area contributed by atoms with Crippen molar-refractivity contribution in [2.75, 3.05) is 0 Å². The number of fused-ring (bicyclic) bond motifs is 1. The fraction of sp³-hybridized carbons (Fsp3) is 0.0833. The van der Waals surface area contributed by atoms with Crippen LogP contribution in [0.25, 0.3) is 18.6 Å². The summed E-state index contributed by atoms with van der Waals surface area (Å²) >= 11 is 1.56. The monoisotopic (exact) mass is 258 g/mol. The quantitative estimate of drug-likeness (QED) is 0.668. The zero-order chi connectivity index (χ0) is 12.7. The van der Waals surface area contributed by atoms with Crippen molar-refractivity contribution in [2.24, 2.45) is 0 Å². The Bertz CT molecular complexity index is 828. The molecule has 2 aliphatic heterocycles. The van der Waals surface area contributed by atoms with Crippen LogP contribution in [0.1, 0.15) is 10.6 Å². The first-order valence-corrected chi connectivity index (χ1v) is 6.23. The summed E-state index contributed by atoms with van der Waals surface area (Å²) in [4.78, 5) is 21.0. The molecule has 0 aromatic carbocycles. The molecule has 1 N–H and O–H groups in total. The zero-order valence-corrected chi connectivity index (χ0v) is 10.5. The summed E-state index contributed by atoms with van der Waals surface area (Å²) in [6.45, 7) is 5.66. The summed E-state index contributed by atoms with van der Waals surface area (Å²) in [6, 6.07) is 3.87. The fourth-order valence-electron chi connectivity index (χ4n) is 1.65. The van der Waals surface area contributed by atoms with Crippen LogP contribution in [0.2, 0.25) is 0 Å². The predicted octanol–water partition coefficient (Wildman–Crippen LogP) is 0.00242. The molecule has 1 aromatic heterocycles. The van der Waals surface area contributed by atoms with Gasteiger partial charge in [0.05, 0.1) is 11.0 Å². The number of rotatable bonds is 1. The van der Waals surface area contributed by atoms with Gasteiger partial charge in [-0.1, -0.05) is 12.6 Å². The Morgan fingerprint density at radius 1 is 1.50 bits per heavy atom. The van der Waals surface area contributed by atoms with Gasteiger partial charge in [0.2, 0.25) is 0 Å². The summed E-state index contributed by atoms with van der Waals surface area (Å²) in [7, 11) is 0. The molecule has 0 amide bonds. The van der Waals surface area contributed by atoms with E-state index in [2.05, 4.69) is 21.6 Å². The van der Waals surface area contributed by atoms with Crippen LogP contribution in [0.15, 0.2) is 22.3 Å². The van der Waals surface area contributed by atoms with E-state index in [1.54, 1.807) is 22.1 Å². The molecule has 1 aromatic rings. The summed E-state index contributed by atoms with van der Waals surface area (Å²) in [5, 5.41) is 6.10. The number of nitrogens with one attached hydrogen (secondary N) is 1. The van der Waals surface area contributed by atoms with Gasteiger partial charge in [-0.2, -0.15) is 4.98 Å². The first kappa shape index (κ1) is 10.9. The number of hydrogen-bond acceptors (Lipinski definition) is 4. The SMILES string of the molecule is C=c1[nH]n2/c(=C/c3cccs3)c(=O)nc-2nc1C. The van der Waals surface area contributed by atoms with Crippen LogP contribution in [0.3, 0.4) is 0 Å². The molecule has 0 fully saturated rings. The normalized spacial score (nSPS) is 12.4. The van der Waals surface area contributed by atoms with Crippen LogP contribution in [0.4, 0.5) is 0 Å². The molecule has 90 valence electrons. The Kier molecular flexibility index (Phi) is 2.38. The standard InChI is InChI=1S/C12H10N4OS/c1-7-8(2)15-16-10(6-9-4-3-5-18-9)11(17)14-12(16)13-7/h3-6,15H,2H2,1H3/b10-6+. The van der Waals surface area contributed by atoms with Gasteiger partial charge in [0.1, 0.15) is 5.35 Å². The van der Waals surface area contributed by atoms with E-state index in [9.17, 15) is 4.79 Å². The topological polar surface area (TPSA) is 63.6 Å². The number of aromatic amines is 1. The number of aromatic nitrogens is 4. The molecular formula is C12H10N4OS. The molecule has 6 heteroatoms. The van der Waals surface area contributed by atoms with Crippen LogP contribution in [0, 0.1) is 6.92 Å². The summed E-state index contributed by atoms with van der Waals surface area (Å²) in [5.74, 6) is 0.368. The number of thiophene rings is 1. The summed E-state index contributed by atoms with van der Waals surface area (Å²) in [6.07, 6.45) is 1.79. The smallest absolute Gasteiger partial charge is 0.290 e. The lowest BCUT2D eigenvalue weighted by atomic mass is 10.4. The Hall–Kier alpha value is -2.21. The fourth-order valence-corrected chi connectivity index (χ4v) is 2.31. The van der Waals surface area contributed by atoms with Gasteiger partial charge in [-0.3, -0.25) is 9.89 Å². The highest BCUT2D eigenvalue weighted by Gasteiger charge is 2.11. The van der Waals surface area contributed by atoms with Gasteiger partial charge in [0.25, 0.3) is 11.5 Å². The second-order valence-corrected chi connectivity index (χ2v) is 4.86. The molecule has 0 aliphatic carbocycles. The maximum absolute atomic E-state index is 11.8. The molecule has 5 nitrogen and oxygen atoms in total. The molecule has 0 saturated carbocycles. The molecule has 0 saturated heterocycles. The van der Waals surface area contributed by atoms with Crippen LogP contribution >= 0.6 is 11.3 Å². The third-order valence-corrected chi connectivity index (χ3v) is 3.45. The van der Waals surface area contributed by atoms with E-state index < -0.39 is 0 Å². The highest BCUT2D eigenvalue weighted by atomic mass is 32.1. The third-order valence-electron chi connectivity index (χ3n) is 2.63. The van der Waals surface area contributed by atoms with Gasteiger partial charge in [0.15, 0.2) is 0 Å². The largest absolute Gasteiger partial charge is 0.299 e. The highest BCUT2D eigenvalue weighted by Crippen LogP contribution is 2.08. The van der Waals surface area contributed by atoms with Crippen LogP contribution < -0.4 is 16.3 Å². The first-order chi connectivity index (χ1) is 8.65. The molecular weight excluding hydrogens is 248 g/mol. The maximum atomic E-state index is 11.8. The molecule has 0 bridgehead atoms. The second kappa shape index (κ2) is 3.92. The van der Waals surface area contributed by atoms with Crippen LogP contribution in [-0.4, -0.2) is 19.7 Å². The van der Waals surface area contributed by atoms with E-state index in [4.69, 9.17) is 0 Å². The van der Waals surface area contributed by atoms with Crippen molar-refractivity contribution >= 4 is 24.0 Å². The van der Waals surface area contributed by atoms with Gasteiger partial charge in [0, 0.05) is 4.88 Å². The number of imidazole rings is 1. The van der Waals surface area contributed by atoms with Crippen molar-refractivity contribution in [1.82, 2.24) is 19.7 Å². The minimum Gasteiger partial charge on any atom is -0.290 e. The zero-order valence-electron chi connectivity index (χ0n) is 9.67. The van der Waals surface area contributed by atoms with Crippen molar-refractivity contribution in [3.63, 3.8) is 0 Å². The van der Waals surface area contributed by atoms with E-state index in [-0.39, 0.29) is 5.56 Å². The molecule has 0 radical (unpaired) electrons. The lowest BCUT2D eigenvalue weighted by Crippen LogP contribution is -2.32. The van der Waals surface area contributed by atoms with Crippen molar-refractivity contribution < 1.29 is 0 Å². The Balaban J connectivity index is 2.38. The molecule has 0 atom stereocenters. The van der Waals surface area contributed by atoms with Gasteiger partial charge in [-0.15, -0.1) is 11.3 Å². The maximum Gasteiger partial charge on any atom is 0.299 e. The van der Waals surface area contributed by atoms with Crippen LogP contribution in [-0.2, 0) is 0 Å². The molecule has 3 rings (SSSR count). The number of H-pyrrole nitrogens is 1. The van der Waals surface area contributed by atoms with Gasteiger partial charge in [-0.25, -0.2) is 9.67 Å². The lowest BCUT2D eigenvalue weighted by molar-refractivity contribution is 0.746. The minimum absolute atomic E-state index is 0.294. The van der Waals surface area contributed by atoms with E-state index >= 15 is 0 Å². The number of hydrogen-bond donors (Lipinski definition) is 1. The van der Waals surface area contributed by atoms with Crippen molar-refractivity contribution in [3.8, 4) is 5.95 Å². The van der Waals surface area contributed by atoms with E-state index in [0.29, 0.717) is 16.6 Å². The minimum atomic E-state index is -0.294. The van der Waals surface area contributed by atoms with Gasteiger partial charge in [-0.05, 0) is 24.4 Å². The number of nitrogens with zero attached hydrogens (tertiary/aromatic N) is 3. The van der Waals surface area contributed by atoms with Crippen molar-refractivity contribution in [1.29, 1.82) is 0 Å². The summed E-state index contributed by atoms with van der Waals surface area (Å²) in [5.41, 5.74) is 0.437. The third kappa shape index (κ3) is 1.67. The molecule has 3 heterocycles. The van der Waals surface area contributed by atoms with Gasteiger partial charge < -0.3 is 0 Å². The van der Waals surface area contributed by atoms with Crippen molar-refractivity contribution in [3.05, 3.63) is 49.1 Å². The Labute approximate surface area is 106 Å². The van der Waals surface area contributed by atoms with Crippen LogP contribution in [0.5, 0.6) is 0 Å².